The van der Waals surface area contributed by atoms with Gasteiger partial charge in [-0.15, -0.1) is 0 Å². The number of nitrogens with one attached hydrogen (secondary N) is 1. The molecule has 2 rings (SSSR count). The van der Waals surface area contributed by atoms with E-state index in [0.29, 0.717) is 12.5 Å². The van der Waals surface area contributed by atoms with E-state index in [4.69, 9.17) is 0 Å². The van der Waals surface area contributed by atoms with Gasteiger partial charge in [0.05, 0.1) is 16.4 Å². The Balaban J connectivity index is 2.27. The molecule has 1 N–H and O–H groups in total. The van der Waals surface area contributed by atoms with Crippen molar-refractivity contribution in [1.82, 2.24) is 20.1 Å². The number of aromatic nitrogens is 3. The lowest BCUT2D eigenvalue weighted by Gasteiger charge is -2.19. The number of rotatable bonds is 10. The molecule has 4 nitrogen and oxygen atoms in total. The first-order chi connectivity index (χ1) is 12.6. The van der Waals surface area contributed by atoms with E-state index in [1.807, 2.05) is 23.1 Å². The van der Waals surface area contributed by atoms with Crippen LogP contribution in [0, 0.1) is 12.8 Å². The molecule has 0 spiro atoms. The van der Waals surface area contributed by atoms with Gasteiger partial charge in [-0.2, -0.15) is 5.10 Å². The van der Waals surface area contributed by atoms with E-state index in [2.05, 4.69) is 70.8 Å². The molecule has 0 radical (unpaired) electrons. The summed E-state index contributed by atoms with van der Waals surface area (Å²) in [7, 11) is 0. The van der Waals surface area contributed by atoms with Gasteiger partial charge in [0.2, 0.25) is 0 Å². The van der Waals surface area contributed by atoms with Crippen molar-refractivity contribution in [3.63, 3.8) is 0 Å². The largest absolute Gasteiger partial charge is 0.366 e. The molecule has 0 aliphatic heterocycles. The van der Waals surface area contributed by atoms with E-state index in [1.54, 1.807) is 6.20 Å². The van der Waals surface area contributed by atoms with Gasteiger partial charge in [0.25, 0.3) is 0 Å². The molecule has 26 heavy (non-hydrogen) atoms. The topological polar surface area (TPSA) is 42.7 Å². The van der Waals surface area contributed by atoms with Crippen LogP contribution in [0.15, 0.2) is 53.4 Å². The van der Waals surface area contributed by atoms with Gasteiger partial charge in [-0.1, -0.05) is 39.3 Å². The third kappa shape index (κ3) is 5.56. The fourth-order valence-electron chi connectivity index (χ4n) is 3.02. The fraction of sp³-hybridized carbons (Fsp3) is 0.429. The molecule has 0 atom stereocenters. The molecule has 2 aromatic heterocycles. The molecule has 0 aromatic carbocycles. The Labute approximate surface area is 165 Å². The highest BCUT2D eigenvalue weighted by molar-refractivity contribution is 9.10. The first-order valence-corrected chi connectivity index (χ1v) is 10.1. The van der Waals surface area contributed by atoms with Gasteiger partial charge in [0.1, 0.15) is 5.82 Å². The second kappa shape index (κ2) is 10.3. The zero-order valence-corrected chi connectivity index (χ0v) is 17.6. The Morgan fingerprint density at radius 3 is 2.58 bits per heavy atom. The molecule has 0 aliphatic carbocycles. The Kier molecular flexibility index (Phi) is 8.10. The van der Waals surface area contributed by atoms with E-state index in [9.17, 15) is 0 Å². The van der Waals surface area contributed by atoms with Gasteiger partial charge in [-0.05, 0) is 64.9 Å². The predicted octanol–water partition coefficient (Wildman–Crippen LogP) is 5.71. The summed E-state index contributed by atoms with van der Waals surface area (Å²) in [5, 5.41) is 8.03. The molecule has 0 saturated heterocycles. The second-order valence-electron chi connectivity index (χ2n) is 6.58. The van der Waals surface area contributed by atoms with Crippen LogP contribution in [0.5, 0.6) is 0 Å². The highest BCUT2D eigenvalue weighted by Gasteiger charge is 2.13. The zero-order valence-electron chi connectivity index (χ0n) is 16.0. The van der Waals surface area contributed by atoms with E-state index in [0.717, 1.165) is 27.1 Å². The monoisotopic (exact) mass is 416 g/mol. The third-order valence-corrected chi connectivity index (χ3v) is 5.27. The zero-order chi connectivity index (χ0) is 18.9. The maximum Gasteiger partial charge on any atom is 0.128 e. The Hall–Kier alpha value is -1.88. The SMILES string of the molecule is C=C(/C=C(/NCc1cccnc1)n1ncc(Br)c1C)C(CCC)CCC. The van der Waals surface area contributed by atoms with Gasteiger partial charge in [-0.3, -0.25) is 4.98 Å². The van der Waals surface area contributed by atoms with E-state index in [1.165, 1.54) is 25.7 Å². The Morgan fingerprint density at radius 1 is 1.31 bits per heavy atom. The Morgan fingerprint density at radius 2 is 2.04 bits per heavy atom. The molecule has 2 aromatic rings. The maximum atomic E-state index is 4.51. The van der Waals surface area contributed by atoms with Crippen molar-refractivity contribution in [2.75, 3.05) is 0 Å². The molecular formula is C21H29BrN4. The number of nitrogens with zero attached hydrogens (tertiary/aromatic N) is 3. The van der Waals surface area contributed by atoms with Crippen LogP contribution in [-0.4, -0.2) is 14.8 Å². The molecule has 2 heterocycles. The quantitative estimate of drug-likeness (QED) is 0.504. The molecule has 5 heteroatoms. The summed E-state index contributed by atoms with van der Waals surface area (Å²) in [6, 6.07) is 4.02. The molecular weight excluding hydrogens is 388 g/mol. The van der Waals surface area contributed by atoms with Gasteiger partial charge in [0.15, 0.2) is 0 Å². The molecule has 0 unspecified atom stereocenters. The highest BCUT2D eigenvalue weighted by atomic mass is 79.9. The molecule has 0 fully saturated rings. The molecule has 140 valence electrons. The van der Waals surface area contributed by atoms with Crippen LogP contribution in [0.4, 0.5) is 0 Å². The standard InChI is InChI=1S/C21H29BrN4/c1-5-8-19(9-6-2)16(3)12-21(26-17(4)20(22)15-25-26)24-14-18-10-7-11-23-13-18/h7,10-13,15,19,24H,3,5-6,8-9,14H2,1-2,4H3/b21-12-. The molecule has 0 saturated carbocycles. The van der Waals surface area contributed by atoms with Crippen LogP contribution in [-0.2, 0) is 6.54 Å². The first-order valence-electron chi connectivity index (χ1n) is 9.30. The van der Waals surface area contributed by atoms with Crippen molar-refractivity contribution in [3.8, 4) is 0 Å². The van der Waals surface area contributed by atoms with Crippen molar-refractivity contribution >= 4 is 21.8 Å². The summed E-state index contributed by atoms with van der Waals surface area (Å²) in [6.07, 6.45) is 12.3. The summed E-state index contributed by atoms with van der Waals surface area (Å²) in [5.74, 6) is 1.46. The predicted molar refractivity (Wildman–Crippen MR) is 112 cm³/mol. The van der Waals surface area contributed by atoms with E-state index < -0.39 is 0 Å². The minimum absolute atomic E-state index is 0.513. The van der Waals surface area contributed by atoms with Gasteiger partial charge < -0.3 is 5.32 Å². The summed E-state index contributed by atoms with van der Waals surface area (Å²) < 4.78 is 2.93. The average Bonchev–Trinajstić information content (AvgIpc) is 2.98. The number of hydrogen-bond acceptors (Lipinski definition) is 3. The highest BCUT2D eigenvalue weighted by Crippen LogP contribution is 2.25. The fourth-order valence-corrected chi connectivity index (χ4v) is 3.28. The number of hydrogen-bond donors (Lipinski definition) is 1. The van der Waals surface area contributed by atoms with Crippen LogP contribution in [0.3, 0.4) is 0 Å². The normalized spacial score (nSPS) is 11.8. The van der Waals surface area contributed by atoms with Crippen molar-refractivity contribution in [2.24, 2.45) is 5.92 Å². The first kappa shape index (κ1) is 20.4. The molecule has 0 bridgehead atoms. The number of allylic oxidation sites excluding steroid dienone is 2. The Bertz CT molecular complexity index is 728. The van der Waals surface area contributed by atoms with Crippen molar-refractivity contribution < 1.29 is 0 Å². The molecule has 0 aliphatic rings. The van der Waals surface area contributed by atoms with E-state index >= 15 is 0 Å². The van der Waals surface area contributed by atoms with Gasteiger partial charge in [-0.25, -0.2) is 4.68 Å². The number of halogens is 1. The summed E-state index contributed by atoms with van der Waals surface area (Å²) >= 11 is 3.55. The minimum Gasteiger partial charge on any atom is -0.366 e. The minimum atomic E-state index is 0.513. The van der Waals surface area contributed by atoms with Crippen LogP contribution < -0.4 is 5.32 Å². The van der Waals surface area contributed by atoms with Crippen LogP contribution in [0.25, 0.3) is 5.82 Å². The average molecular weight is 417 g/mol. The lowest BCUT2D eigenvalue weighted by atomic mass is 9.91. The van der Waals surface area contributed by atoms with E-state index in [-0.39, 0.29) is 0 Å². The number of pyridine rings is 1. The lowest BCUT2D eigenvalue weighted by molar-refractivity contribution is 0.513. The third-order valence-electron chi connectivity index (χ3n) is 4.50. The van der Waals surface area contributed by atoms with Gasteiger partial charge >= 0.3 is 0 Å². The van der Waals surface area contributed by atoms with Crippen molar-refractivity contribution in [1.29, 1.82) is 0 Å². The van der Waals surface area contributed by atoms with Crippen LogP contribution in [0.1, 0.15) is 50.8 Å². The lowest BCUT2D eigenvalue weighted by Crippen LogP contribution is -2.19. The smallest absolute Gasteiger partial charge is 0.128 e. The summed E-state index contributed by atoms with van der Waals surface area (Å²) in [4.78, 5) is 4.19. The summed E-state index contributed by atoms with van der Waals surface area (Å²) in [6.45, 7) is 11.6. The van der Waals surface area contributed by atoms with Crippen molar-refractivity contribution in [2.45, 2.75) is 53.0 Å². The van der Waals surface area contributed by atoms with Crippen molar-refractivity contribution in [3.05, 3.63) is 64.7 Å². The van der Waals surface area contributed by atoms with Crippen LogP contribution >= 0.6 is 15.9 Å². The van der Waals surface area contributed by atoms with Gasteiger partial charge in [0, 0.05) is 18.9 Å². The van der Waals surface area contributed by atoms with Crippen LogP contribution in [0.2, 0.25) is 0 Å². The maximum absolute atomic E-state index is 4.51. The second-order valence-corrected chi connectivity index (χ2v) is 7.44. The molecule has 0 amide bonds. The summed E-state index contributed by atoms with van der Waals surface area (Å²) in [5.41, 5.74) is 3.35.